The number of halogens is 2. The van der Waals surface area contributed by atoms with Gasteiger partial charge in [-0.15, -0.1) is 0 Å². The van der Waals surface area contributed by atoms with Crippen molar-refractivity contribution in [3.63, 3.8) is 0 Å². The number of amides is 2. The maximum Gasteiger partial charge on any atom is 0.407 e. The summed E-state index contributed by atoms with van der Waals surface area (Å²) in [5, 5.41) is 6.30. The Morgan fingerprint density at radius 1 is 1.04 bits per heavy atom. The minimum absolute atomic E-state index is 0.0291. The number of ether oxygens (including phenoxy) is 2. The van der Waals surface area contributed by atoms with Crippen LogP contribution in [-0.4, -0.2) is 52.4 Å². The SMILES string of the molecule is COc1nc(-c2cccc(-c3cccc(-c4ccn5c(=O)c(C=O)cnc5c4)c3Cl)c2Cl)ccc1COC(=O)NC[C@@H]1CCC(=O)N1. The van der Waals surface area contributed by atoms with Crippen LogP contribution in [0.5, 0.6) is 5.88 Å². The third kappa shape index (κ3) is 6.53. The van der Waals surface area contributed by atoms with Crippen molar-refractivity contribution in [2.24, 2.45) is 0 Å². The Morgan fingerprint density at radius 3 is 2.47 bits per heavy atom. The Balaban J connectivity index is 1.24. The maximum atomic E-state index is 12.5. The molecule has 0 bridgehead atoms. The fourth-order valence-electron chi connectivity index (χ4n) is 5.38. The predicted molar refractivity (Wildman–Crippen MR) is 177 cm³/mol. The second-order valence-corrected chi connectivity index (χ2v) is 11.5. The van der Waals surface area contributed by atoms with E-state index in [1.807, 2.05) is 36.4 Å². The number of aldehydes is 1. The largest absolute Gasteiger partial charge is 0.481 e. The van der Waals surface area contributed by atoms with Gasteiger partial charge < -0.3 is 20.1 Å². The molecule has 4 heterocycles. The van der Waals surface area contributed by atoms with Gasteiger partial charge in [-0.05, 0) is 36.2 Å². The highest BCUT2D eigenvalue weighted by Gasteiger charge is 2.22. The van der Waals surface area contributed by atoms with Crippen molar-refractivity contribution >= 4 is 47.1 Å². The lowest BCUT2D eigenvalue weighted by Crippen LogP contribution is -2.38. The average Bonchev–Trinajstić information content (AvgIpc) is 3.51. The number of nitrogens with zero attached hydrogens (tertiary/aromatic N) is 3. The van der Waals surface area contributed by atoms with E-state index in [4.69, 9.17) is 32.7 Å². The predicted octanol–water partition coefficient (Wildman–Crippen LogP) is 5.72. The van der Waals surface area contributed by atoms with Crippen LogP contribution >= 0.6 is 23.2 Å². The number of hydrogen-bond acceptors (Lipinski definition) is 8. The molecule has 0 radical (unpaired) electrons. The molecular formula is C34H27Cl2N5O6. The van der Waals surface area contributed by atoms with E-state index in [0.29, 0.717) is 68.3 Å². The highest BCUT2D eigenvalue weighted by atomic mass is 35.5. The molecule has 6 rings (SSSR count). The third-order valence-corrected chi connectivity index (χ3v) is 8.62. The number of carbonyl (C=O) groups is 3. The maximum absolute atomic E-state index is 12.5. The number of hydrogen-bond donors (Lipinski definition) is 2. The van der Waals surface area contributed by atoms with Crippen LogP contribution in [-0.2, 0) is 16.1 Å². The molecule has 2 aromatic carbocycles. The molecule has 11 nitrogen and oxygen atoms in total. The number of nitrogens with one attached hydrogen (secondary N) is 2. The minimum atomic E-state index is -0.618. The van der Waals surface area contributed by atoms with Gasteiger partial charge in [-0.2, -0.15) is 0 Å². The van der Waals surface area contributed by atoms with Crippen LogP contribution in [0.3, 0.4) is 0 Å². The smallest absolute Gasteiger partial charge is 0.407 e. The Hall–Kier alpha value is -5.26. The van der Waals surface area contributed by atoms with E-state index < -0.39 is 11.7 Å². The third-order valence-electron chi connectivity index (χ3n) is 7.81. The molecule has 1 fully saturated rings. The zero-order valence-electron chi connectivity index (χ0n) is 25.0. The van der Waals surface area contributed by atoms with E-state index in [9.17, 15) is 19.2 Å². The second kappa shape index (κ2) is 13.6. The van der Waals surface area contributed by atoms with E-state index in [0.717, 1.165) is 5.56 Å². The molecule has 0 aliphatic carbocycles. The molecule has 2 amide bonds. The van der Waals surface area contributed by atoms with Crippen LogP contribution in [0.15, 0.2) is 77.9 Å². The first-order chi connectivity index (χ1) is 22.8. The molecule has 5 aromatic rings. The number of fused-ring (bicyclic) bond motifs is 1. The summed E-state index contributed by atoms with van der Waals surface area (Å²) >= 11 is 14.0. The molecule has 1 atom stereocenters. The first-order valence-electron chi connectivity index (χ1n) is 14.6. The summed E-state index contributed by atoms with van der Waals surface area (Å²) in [6, 6.07) is 18.0. The highest BCUT2D eigenvalue weighted by Crippen LogP contribution is 2.42. The van der Waals surface area contributed by atoms with Crippen molar-refractivity contribution in [2.75, 3.05) is 13.7 Å². The minimum Gasteiger partial charge on any atom is -0.481 e. The number of rotatable bonds is 9. The van der Waals surface area contributed by atoms with Crippen molar-refractivity contribution in [1.82, 2.24) is 25.0 Å². The molecule has 1 aliphatic heterocycles. The zero-order valence-corrected chi connectivity index (χ0v) is 26.5. The number of alkyl carbamates (subject to hydrolysis) is 1. The number of benzene rings is 2. The van der Waals surface area contributed by atoms with Crippen molar-refractivity contribution in [3.8, 4) is 39.4 Å². The highest BCUT2D eigenvalue weighted by molar-refractivity contribution is 6.39. The Morgan fingerprint density at radius 2 is 1.77 bits per heavy atom. The summed E-state index contributed by atoms with van der Waals surface area (Å²) in [7, 11) is 1.47. The van der Waals surface area contributed by atoms with Crippen molar-refractivity contribution in [1.29, 1.82) is 0 Å². The normalized spacial score (nSPS) is 14.1. The van der Waals surface area contributed by atoms with E-state index in [1.54, 1.807) is 30.5 Å². The van der Waals surface area contributed by atoms with Crippen LogP contribution in [0.1, 0.15) is 28.8 Å². The zero-order chi connectivity index (χ0) is 33.1. The molecule has 0 spiro atoms. The molecule has 3 aromatic heterocycles. The summed E-state index contributed by atoms with van der Waals surface area (Å²) in [4.78, 5) is 56.1. The van der Waals surface area contributed by atoms with E-state index in [-0.39, 0.29) is 36.5 Å². The molecule has 13 heteroatoms. The van der Waals surface area contributed by atoms with Crippen LogP contribution in [0.25, 0.3) is 39.2 Å². The van der Waals surface area contributed by atoms with E-state index in [1.165, 1.54) is 17.7 Å². The summed E-state index contributed by atoms with van der Waals surface area (Å²) < 4.78 is 12.2. The fraction of sp³-hybridized carbons (Fsp3) is 0.176. The lowest BCUT2D eigenvalue weighted by molar-refractivity contribution is -0.119. The molecule has 1 saturated heterocycles. The molecule has 47 heavy (non-hydrogen) atoms. The molecule has 238 valence electrons. The summed E-state index contributed by atoms with van der Waals surface area (Å²) in [5.41, 5.74) is 4.37. The van der Waals surface area contributed by atoms with Crippen LogP contribution in [0.2, 0.25) is 10.0 Å². The van der Waals surface area contributed by atoms with Gasteiger partial charge in [0.1, 0.15) is 12.3 Å². The monoisotopic (exact) mass is 671 g/mol. The van der Waals surface area contributed by atoms with Gasteiger partial charge in [-0.1, -0.05) is 59.6 Å². The number of pyridine rings is 2. The number of aromatic nitrogens is 3. The van der Waals surface area contributed by atoms with Crippen molar-refractivity contribution in [2.45, 2.75) is 25.5 Å². The van der Waals surface area contributed by atoms with Gasteiger partial charge in [0.2, 0.25) is 11.8 Å². The van der Waals surface area contributed by atoms with E-state index >= 15 is 0 Å². The van der Waals surface area contributed by atoms with Crippen LogP contribution in [0, 0.1) is 0 Å². The quantitative estimate of drug-likeness (QED) is 0.190. The first kappa shape index (κ1) is 31.7. The summed E-state index contributed by atoms with van der Waals surface area (Å²) in [6.07, 6.45) is 3.77. The lowest BCUT2D eigenvalue weighted by Gasteiger charge is -2.15. The molecule has 2 N–H and O–H groups in total. The molecule has 0 saturated carbocycles. The molecule has 0 unspecified atom stereocenters. The van der Waals surface area contributed by atoms with E-state index in [2.05, 4.69) is 20.6 Å². The van der Waals surface area contributed by atoms with Gasteiger partial charge >= 0.3 is 6.09 Å². The topological polar surface area (TPSA) is 141 Å². The Labute approximate surface area is 278 Å². The standard InChI is InChI=1S/C34H27Cl2N5O6/c1-46-32-20(18-47-34(45)38-16-22-9-11-29(43)39-22)8-10-27(40-32)26-7-3-6-25(31(26)36)24-5-2-4-23(30(24)35)19-12-13-41-28(14-19)37-15-21(17-42)33(41)44/h2-8,10,12-15,17,22H,9,11,16,18H2,1H3,(H,38,45)(H,39,43)/t22-/m0/s1. The van der Waals surface area contributed by atoms with Gasteiger partial charge in [0.05, 0.1) is 34.0 Å². The van der Waals surface area contributed by atoms with Gasteiger partial charge in [0, 0.05) is 53.7 Å². The van der Waals surface area contributed by atoms with Gasteiger partial charge in [-0.25, -0.2) is 14.8 Å². The van der Waals surface area contributed by atoms with Crippen LogP contribution in [0.4, 0.5) is 4.79 Å². The van der Waals surface area contributed by atoms with Crippen molar-refractivity contribution < 1.29 is 23.9 Å². The number of carbonyl (C=O) groups excluding carboxylic acids is 3. The Kier molecular flexibility index (Phi) is 9.19. The average molecular weight is 673 g/mol. The van der Waals surface area contributed by atoms with Gasteiger partial charge in [0.25, 0.3) is 5.56 Å². The molecular weight excluding hydrogens is 645 g/mol. The number of methoxy groups -OCH3 is 1. The second-order valence-electron chi connectivity index (χ2n) is 10.7. The lowest BCUT2D eigenvalue weighted by atomic mass is 9.97. The van der Waals surface area contributed by atoms with Crippen LogP contribution < -0.4 is 20.9 Å². The Bertz CT molecular complexity index is 2100. The fourth-order valence-corrected chi connectivity index (χ4v) is 6.04. The first-order valence-corrected chi connectivity index (χ1v) is 15.3. The molecule has 1 aliphatic rings. The summed E-state index contributed by atoms with van der Waals surface area (Å²) in [5.74, 6) is 0.239. The van der Waals surface area contributed by atoms with Gasteiger partial charge in [0.15, 0.2) is 6.29 Å². The van der Waals surface area contributed by atoms with Crippen molar-refractivity contribution in [3.05, 3.63) is 105 Å². The van der Waals surface area contributed by atoms with Gasteiger partial charge in [-0.3, -0.25) is 18.8 Å². The summed E-state index contributed by atoms with van der Waals surface area (Å²) in [6.45, 7) is 0.206.